The van der Waals surface area contributed by atoms with Gasteiger partial charge in [0.05, 0.1) is 16.7 Å². The lowest BCUT2D eigenvalue weighted by atomic mass is 9.81. The van der Waals surface area contributed by atoms with Gasteiger partial charge < -0.3 is 26.4 Å². The lowest BCUT2D eigenvalue weighted by molar-refractivity contribution is -0.130. The molecule has 1 aliphatic carbocycles. The number of aromatic amines is 1. The average molecular weight is 673 g/mol. The number of carbonyl (C=O) groups is 4. The number of carboxylic acid groups (broad SMARTS) is 1. The number of hydrogen-bond acceptors (Lipinski definition) is 5. The van der Waals surface area contributed by atoms with Crippen molar-refractivity contribution in [2.24, 2.45) is 11.8 Å². The molecule has 0 aliphatic heterocycles. The Morgan fingerprint density at radius 3 is 2.38 bits per heavy atom. The van der Waals surface area contributed by atoms with Gasteiger partial charge in [-0.05, 0) is 98.9 Å². The molecular weight excluding hydrogens is 632 g/mol. The second-order valence-electron chi connectivity index (χ2n) is 12.8. The highest BCUT2D eigenvalue weighted by atomic mass is 35.5. The topological polar surface area (TPSA) is 165 Å². The van der Waals surface area contributed by atoms with Gasteiger partial charge in [0.1, 0.15) is 6.04 Å². The summed E-state index contributed by atoms with van der Waals surface area (Å²) in [6.07, 6.45) is 3.50. The van der Waals surface area contributed by atoms with Crippen molar-refractivity contribution in [3.63, 3.8) is 0 Å². The molecule has 5 rings (SSSR count). The molecule has 4 amide bonds. The predicted octanol–water partition coefficient (Wildman–Crippen LogP) is 6.07. The quantitative estimate of drug-likeness (QED) is 0.113. The Morgan fingerprint density at radius 1 is 0.979 bits per heavy atom. The van der Waals surface area contributed by atoms with Gasteiger partial charge in [0, 0.05) is 41.6 Å². The maximum Gasteiger partial charge on any atom is 0.404 e. The number of anilines is 1. The molecule has 0 saturated heterocycles. The highest BCUT2D eigenvalue weighted by molar-refractivity contribution is 6.35. The first-order chi connectivity index (χ1) is 23.0. The van der Waals surface area contributed by atoms with E-state index in [1.807, 2.05) is 51.1 Å². The fourth-order valence-electron chi connectivity index (χ4n) is 6.23. The Bertz CT molecular complexity index is 1800. The minimum Gasteiger partial charge on any atom is -0.465 e. The number of H-pyrrole nitrogens is 1. The third kappa shape index (κ3) is 8.71. The van der Waals surface area contributed by atoms with E-state index in [4.69, 9.17) is 16.7 Å². The van der Waals surface area contributed by atoms with Gasteiger partial charge in [-0.1, -0.05) is 41.9 Å². The molecule has 252 valence electrons. The number of nitrogens with zero attached hydrogens (tertiary/aromatic N) is 1. The van der Waals surface area contributed by atoms with E-state index >= 15 is 0 Å². The average Bonchev–Trinajstić information content (AvgIpc) is 3.53. The van der Waals surface area contributed by atoms with Crippen LogP contribution >= 0.6 is 11.6 Å². The number of nitrogens with one attached hydrogen (secondary N) is 5. The van der Waals surface area contributed by atoms with Crippen LogP contribution in [0.3, 0.4) is 0 Å². The third-order valence-corrected chi connectivity index (χ3v) is 9.09. The van der Waals surface area contributed by atoms with Crippen molar-refractivity contribution >= 4 is 52.0 Å². The maximum atomic E-state index is 13.8. The monoisotopic (exact) mass is 672 g/mol. The number of aryl methyl sites for hydroxylation is 1. The molecule has 6 N–H and O–H groups in total. The normalized spacial score (nSPS) is 16.7. The van der Waals surface area contributed by atoms with Crippen LogP contribution in [0.1, 0.15) is 61.0 Å². The molecule has 0 bridgehead atoms. The molecule has 48 heavy (non-hydrogen) atoms. The first-order valence-corrected chi connectivity index (χ1v) is 16.6. The summed E-state index contributed by atoms with van der Waals surface area (Å²) in [5.74, 6) is -0.787. The van der Waals surface area contributed by atoms with E-state index in [9.17, 15) is 19.2 Å². The number of fused-ring (bicyclic) bond motifs is 1. The molecule has 11 nitrogen and oxygen atoms in total. The summed E-state index contributed by atoms with van der Waals surface area (Å²) in [5, 5.41) is 28.2. The van der Waals surface area contributed by atoms with E-state index in [1.54, 1.807) is 30.5 Å². The summed E-state index contributed by atoms with van der Waals surface area (Å²) in [4.78, 5) is 50.5. The second-order valence-corrected chi connectivity index (χ2v) is 13.2. The number of rotatable bonds is 11. The molecule has 0 unspecified atom stereocenters. The van der Waals surface area contributed by atoms with Gasteiger partial charge in [-0.15, -0.1) is 0 Å². The number of amides is 4. The van der Waals surface area contributed by atoms with E-state index in [0.717, 1.165) is 40.5 Å². The van der Waals surface area contributed by atoms with Gasteiger partial charge in [-0.25, -0.2) is 4.79 Å². The SMILES string of the molecule is Cc1cc(C[C@H](NC(=O)C2CCC(CNC(=O)O)CC2)C(=O)Nc2cc(Cl)c3cn[nH]c3c2)ccc1-c1ccc(C(=O)NC(C)C)cc1. The predicted molar refractivity (Wildman–Crippen MR) is 186 cm³/mol. The number of halogens is 1. The van der Waals surface area contributed by atoms with Crippen molar-refractivity contribution in [3.05, 3.63) is 82.5 Å². The molecule has 0 spiro atoms. The van der Waals surface area contributed by atoms with Crippen LogP contribution in [-0.4, -0.2) is 57.7 Å². The van der Waals surface area contributed by atoms with Gasteiger partial charge in [-0.2, -0.15) is 5.10 Å². The van der Waals surface area contributed by atoms with E-state index in [2.05, 4.69) is 31.5 Å². The van der Waals surface area contributed by atoms with Gasteiger partial charge in [0.15, 0.2) is 0 Å². The summed E-state index contributed by atoms with van der Waals surface area (Å²) in [5.41, 5.74) is 5.55. The fraction of sp³-hybridized carbons (Fsp3) is 0.361. The van der Waals surface area contributed by atoms with Crippen molar-refractivity contribution in [1.82, 2.24) is 26.1 Å². The van der Waals surface area contributed by atoms with Crippen molar-refractivity contribution < 1.29 is 24.3 Å². The van der Waals surface area contributed by atoms with Gasteiger partial charge >= 0.3 is 6.09 Å². The Balaban J connectivity index is 1.32. The fourth-order valence-corrected chi connectivity index (χ4v) is 6.50. The van der Waals surface area contributed by atoms with Crippen LogP contribution in [0, 0.1) is 18.8 Å². The third-order valence-electron chi connectivity index (χ3n) is 8.78. The maximum absolute atomic E-state index is 13.8. The van der Waals surface area contributed by atoms with Crippen LogP contribution in [0.4, 0.5) is 10.5 Å². The number of hydrogen-bond donors (Lipinski definition) is 6. The minimum absolute atomic E-state index is 0.0449. The minimum atomic E-state index is -1.05. The second kappa shape index (κ2) is 15.3. The van der Waals surface area contributed by atoms with Crippen LogP contribution in [0.2, 0.25) is 5.02 Å². The first-order valence-electron chi connectivity index (χ1n) is 16.2. The highest BCUT2D eigenvalue weighted by Gasteiger charge is 2.30. The highest BCUT2D eigenvalue weighted by Crippen LogP contribution is 2.30. The van der Waals surface area contributed by atoms with Gasteiger partial charge in [0.25, 0.3) is 5.91 Å². The Hall–Kier alpha value is -4.90. The lowest BCUT2D eigenvalue weighted by Gasteiger charge is -2.29. The molecule has 0 radical (unpaired) electrons. The molecule has 1 aliphatic rings. The zero-order valence-corrected chi connectivity index (χ0v) is 28.0. The van der Waals surface area contributed by atoms with Gasteiger partial charge in [-0.3, -0.25) is 19.5 Å². The van der Waals surface area contributed by atoms with Crippen LogP contribution in [0.5, 0.6) is 0 Å². The molecule has 1 fully saturated rings. The Kier molecular flexibility index (Phi) is 11.0. The van der Waals surface area contributed by atoms with Crippen molar-refractivity contribution in [3.8, 4) is 11.1 Å². The summed E-state index contributed by atoms with van der Waals surface area (Å²) in [6.45, 7) is 6.19. The molecular formula is C36H41ClN6O5. The van der Waals surface area contributed by atoms with Crippen LogP contribution in [-0.2, 0) is 16.0 Å². The van der Waals surface area contributed by atoms with E-state index in [0.29, 0.717) is 41.2 Å². The van der Waals surface area contributed by atoms with Crippen LogP contribution in [0.25, 0.3) is 22.0 Å². The van der Waals surface area contributed by atoms with Crippen molar-refractivity contribution in [2.75, 3.05) is 11.9 Å². The lowest BCUT2D eigenvalue weighted by Crippen LogP contribution is -2.48. The van der Waals surface area contributed by atoms with Crippen molar-refractivity contribution in [2.45, 2.75) is 65.0 Å². The van der Waals surface area contributed by atoms with E-state index in [1.165, 1.54) is 0 Å². The van der Waals surface area contributed by atoms with E-state index < -0.39 is 12.1 Å². The summed E-state index contributed by atoms with van der Waals surface area (Å²) >= 11 is 6.42. The largest absolute Gasteiger partial charge is 0.465 e. The molecule has 3 aromatic carbocycles. The van der Waals surface area contributed by atoms with Crippen molar-refractivity contribution in [1.29, 1.82) is 0 Å². The molecule has 1 heterocycles. The molecule has 1 aromatic heterocycles. The molecule has 1 saturated carbocycles. The Labute approximate surface area is 284 Å². The standard InChI is InChI=1S/C36H41ClN6O5/c1-20(2)40-33(44)26-11-9-24(10-12-26)28-13-6-23(14-21(28)3)15-32(35(46)41-27-16-30(37)29-19-39-43-31(29)17-27)42-34(45)25-7-4-22(5-8-25)18-38-36(47)48/h6,9-14,16-17,19-20,22,25,32,38H,4-5,7-8,15,18H2,1-3H3,(H,39,43)(H,40,44)(H,41,46)(H,42,45)(H,47,48)/t22?,25?,32-/m0/s1. The summed E-state index contributed by atoms with van der Waals surface area (Å²) in [6, 6.07) is 16.0. The van der Waals surface area contributed by atoms with Crippen LogP contribution < -0.4 is 21.3 Å². The molecule has 4 aromatic rings. The Morgan fingerprint density at radius 2 is 1.71 bits per heavy atom. The summed E-state index contributed by atoms with van der Waals surface area (Å²) < 4.78 is 0. The van der Waals surface area contributed by atoms with Gasteiger partial charge in [0.2, 0.25) is 11.8 Å². The van der Waals surface area contributed by atoms with Crippen LogP contribution in [0.15, 0.2) is 60.8 Å². The summed E-state index contributed by atoms with van der Waals surface area (Å²) in [7, 11) is 0. The molecule has 1 atom stereocenters. The number of aromatic nitrogens is 2. The number of carbonyl (C=O) groups excluding carboxylic acids is 3. The number of benzene rings is 3. The zero-order chi connectivity index (χ0) is 34.4. The van der Waals surface area contributed by atoms with E-state index in [-0.39, 0.29) is 42.0 Å². The first kappa shape index (κ1) is 34.4. The molecule has 12 heteroatoms. The zero-order valence-electron chi connectivity index (χ0n) is 27.2. The smallest absolute Gasteiger partial charge is 0.404 e.